The van der Waals surface area contributed by atoms with Gasteiger partial charge in [-0.15, -0.1) is 0 Å². The zero-order valence-electron chi connectivity index (χ0n) is 8.03. The molecule has 0 bridgehead atoms. The monoisotopic (exact) mass is 168 g/mol. The third-order valence-corrected chi connectivity index (χ3v) is 3.38. The van der Waals surface area contributed by atoms with Crippen LogP contribution in [0, 0.1) is 0 Å². The standard InChI is InChI=1S/C10H20N2/c1-9-7-12-10(8-11-9)5-3-2-4-6-10/h9,11-12H,2-8H2,1H3. The summed E-state index contributed by atoms with van der Waals surface area (Å²) in [5, 5.41) is 7.30. The van der Waals surface area contributed by atoms with Crippen molar-refractivity contribution in [3.63, 3.8) is 0 Å². The van der Waals surface area contributed by atoms with Crippen LogP contribution in [-0.2, 0) is 0 Å². The van der Waals surface area contributed by atoms with Gasteiger partial charge in [0, 0.05) is 24.7 Å². The van der Waals surface area contributed by atoms with Crippen LogP contribution in [0.1, 0.15) is 39.0 Å². The molecule has 1 atom stereocenters. The normalized spacial score (nSPS) is 35.2. The van der Waals surface area contributed by atoms with E-state index in [0.29, 0.717) is 11.6 Å². The molecule has 0 aromatic carbocycles. The van der Waals surface area contributed by atoms with Gasteiger partial charge in [0.05, 0.1) is 0 Å². The first-order chi connectivity index (χ1) is 5.81. The second-order valence-electron chi connectivity index (χ2n) is 4.50. The van der Waals surface area contributed by atoms with Gasteiger partial charge in [0.2, 0.25) is 0 Å². The highest BCUT2D eigenvalue weighted by molar-refractivity contribution is 4.97. The van der Waals surface area contributed by atoms with E-state index in [0.717, 1.165) is 6.54 Å². The lowest BCUT2D eigenvalue weighted by Gasteiger charge is -2.43. The summed E-state index contributed by atoms with van der Waals surface area (Å²) in [5.41, 5.74) is 0.477. The summed E-state index contributed by atoms with van der Waals surface area (Å²) in [5.74, 6) is 0. The maximum absolute atomic E-state index is 3.72. The van der Waals surface area contributed by atoms with E-state index >= 15 is 0 Å². The lowest BCUT2D eigenvalue weighted by molar-refractivity contribution is 0.180. The van der Waals surface area contributed by atoms with E-state index in [-0.39, 0.29) is 0 Å². The number of hydrogen-bond acceptors (Lipinski definition) is 2. The lowest BCUT2D eigenvalue weighted by Crippen LogP contribution is -2.62. The molecule has 1 aliphatic heterocycles. The molecule has 2 fully saturated rings. The second kappa shape index (κ2) is 3.35. The van der Waals surface area contributed by atoms with Crippen LogP contribution in [0.3, 0.4) is 0 Å². The van der Waals surface area contributed by atoms with Crippen LogP contribution in [0.2, 0.25) is 0 Å². The first kappa shape index (κ1) is 8.52. The Labute approximate surface area is 75.1 Å². The van der Waals surface area contributed by atoms with Crippen molar-refractivity contribution in [1.82, 2.24) is 10.6 Å². The van der Waals surface area contributed by atoms with Crippen LogP contribution in [0.4, 0.5) is 0 Å². The Hall–Kier alpha value is -0.0800. The van der Waals surface area contributed by atoms with Crippen molar-refractivity contribution in [2.45, 2.75) is 50.6 Å². The molecule has 2 rings (SSSR count). The fourth-order valence-corrected chi connectivity index (χ4v) is 2.46. The predicted molar refractivity (Wildman–Crippen MR) is 51.3 cm³/mol. The molecule has 0 amide bonds. The third kappa shape index (κ3) is 1.64. The fraction of sp³-hybridized carbons (Fsp3) is 1.00. The molecule has 2 heteroatoms. The average molecular weight is 168 g/mol. The Kier molecular flexibility index (Phi) is 2.37. The molecule has 1 unspecified atom stereocenters. The molecular formula is C10H20N2. The van der Waals surface area contributed by atoms with Crippen LogP contribution in [0.5, 0.6) is 0 Å². The summed E-state index contributed by atoms with van der Waals surface area (Å²) < 4.78 is 0. The Morgan fingerprint density at radius 1 is 1.17 bits per heavy atom. The quantitative estimate of drug-likeness (QED) is 0.569. The van der Waals surface area contributed by atoms with Crippen molar-refractivity contribution in [3.05, 3.63) is 0 Å². The minimum absolute atomic E-state index is 0.477. The van der Waals surface area contributed by atoms with E-state index in [2.05, 4.69) is 17.6 Å². The van der Waals surface area contributed by atoms with E-state index < -0.39 is 0 Å². The van der Waals surface area contributed by atoms with Crippen molar-refractivity contribution in [3.8, 4) is 0 Å². The third-order valence-electron chi connectivity index (χ3n) is 3.38. The maximum atomic E-state index is 3.72. The smallest absolute Gasteiger partial charge is 0.0307 e. The molecule has 2 N–H and O–H groups in total. The van der Waals surface area contributed by atoms with Gasteiger partial charge in [-0.2, -0.15) is 0 Å². The largest absolute Gasteiger partial charge is 0.311 e. The maximum Gasteiger partial charge on any atom is 0.0307 e. The summed E-state index contributed by atoms with van der Waals surface area (Å²) >= 11 is 0. The Bertz CT molecular complexity index is 140. The summed E-state index contributed by atoms with van der Waals surface area (Å²) in [4.78, 5) is 0. The van der Waals surface area contributed by atoms with Gasteiger partial charge in [-0.3, -0.25) is 0 Å². The second-order valence-corrected chi connectivity index (χ2v) is 4.50. The first-order valence-electron chi connectivity index (χ1n) is 5.29. The van der Waals surface area contributed by atoms with E-state index in [1.54, 1.807) is 0 Å². The molecule has 2 nitrogen and oxygen atoms in total. The van der Waals surface area contributed by atoms with Crippen LogP contribution in [0.15, 0.2) is 0 Å². The van der Waals surface area contributed by atoms with Crippen LogP contribution in [-0.4, -0.2) is 24.7 Å². The summed E-state index contributed by atoms with van der Waals surface area (Å²) in [6.45, 7) is 4.59. The van der Waals surface area contributed by atoms with Gasteiger partial charge in [-0.25, -0.2) is 0 Å². The molecule has 1 aliphatic carbocycles. The van der Waals surface area contributed by atoms with E-state index in [1.807, 2.05) is 0 Å². The molecule has 0 aromatic heterocycles. The van der Waals surface area contributed by atoms with E-state index in [1.165, 1.54) is 38.6 Å². The Morgan fingerprint density at radius 2 is 1.92 bits per heavy atom. The van der Waals surface area contributed by atoms with Crippen LogP contribution >= 0.6 is 0 Å². The highest BCUT2D eigenvalue weighted by atomic mass is 15.1. The van der Waals surface area contributed by atoms with Gasteiger partial charge in [-0.05, 0) is 19.8 Å². The molecule has 1 saturated heterocycles. The topological polar surface area (TPSA) is 24.1 Å². The molecule has 2 aliphatic rings. The van der Waals surface area contributed by atoms with Crippen molar-refractivity contribution < 1.29 is 0 Å². The SMILES string of the molecule is CC1CNC2(CCCCC2)CN1. The van der Waals surface area contributed by atoms with Crippen molar-refractivity contribution in [2.75, 3.05) is 13.1 Å². The van der Waals surface area contributed by atoms with Gasteiger partial charge in [0.1, 0.15) is 0 Å². The number of nitrogens with one attached hydrogen (secondary N) is 2. The van der Waals surface area contributed by atoms with Gasteiger partial charge >= 0.3 is 0 Å². The molecule has 12 heavy (non-hydrogen) atoms. The number of rotatable bonds is 0. The van der Waals surface area contributed by atoms with Gasteiger partial charge < -0.3 is 10.6 Å². The van der Waals surface area contributed by atoms with Gasteiger partial charge in [0.25, 0.3) is 0 Å². The van der Waals surface area contributed by atoms with Crippen LogP contribution in [0.25, 0.3) is 0 Å². The van der Waals surface area contributed by atoms with Crippen molar-refractivity contribution in [2.24, 2.45) is 0 Å². The molecule has 1 heterocycles. The van der Waals surface area contributed by atoms with Crippen molar-refractivity contribution in [1.29, 1.82) is 0 Å². The molecule has 1 saturated carbocycles. The molecular weight excluding hydrogens is 148 g/mol. The molecule has 0 radical (unpaired) electrons. The highest BCUT2D eigenvalue weighted by Crippen LogP contribution is 2.28. The summed E-state index contributed by atoms with van der Waals surface area (Å²) in [7, 11) is 0. The zero-order chi connectivity index (χ0) is 8.44. The zero-order valence-corrected chi connectivity index (χ0v) is 8.03. The Morgan fingerprint density at radius 3 is 2.50 bits per heavy atom. The van der Waals surface area contributed by atoms with Gasteiger partial charge in [0.15, 0.2) is 0 Å². The van der Waals surface area contributed by atoms with Crippen LogP contribution < -0.4 is 10.6 Å². The first-order valence-corrected chi connectivity index (χ1v) is 5.29. The predicted octanol–water partition coefficient (Wildman–Crippen LogP) is 1.27. The summed E-state index contributed by atoms with van der Waals surface area (Å²) in [6, 6.07) is 0.664. The number of hydrogen-bond donors (Lipinski definition) is 2. The lowest BCUT2D eigenvalue weighted by atomic mass is 9.80. The number of piperazine rings is 1. The Balaban J connectivity index is 1.92. The highest BCUT2D eigenvalue weighted by Gasteiger charge is 2.34. The van der Waals surface area contributed by atoms with E-state index in [4.69, 9.17) is 0 Å². The summed E-state index contributed by atoms with van der Waals surface area (Å²) in [6.07, 6.45) is 7.05. The minimum atomic E-state index is 0.477. The van der Waals surface area contributed by atoms with Crippen molar-refractivity contribution >= 4 is 0 Å². The molecule has 70 valence electrons. The average Bonchev–Trinajstić information content (AvgIpc) is 2.13. The van der Waals surface area contributed by atoms with Gasteiger partial charge in [-0.1, -0.05) is 19.3 Å². The van der Waals surface area contributed by atoms with E-state index in [9.17, 15) is 0 Å². The fourth-order valence-electron chi connectivity index (χ4n) is 2.46. The minimum Gasteiger partial charge on any atom is -0.311 e. The molecule has 1 spiro atoms. The molecule has 0 aromatic rings.